The molecule has 1 aromatic carbocycles. The van der Waals surface area contributed by atoms with Crippen molar-refractivity contribution in [1.29, 1.82) is 0 Å². The first-order valence-corrected chi connectivity index (χ1v) is 6.89. The molecule has 2 heterocycles. The van der Waals surface area contributed by atoms with Crippen LogP contribution in [-0.2, 0) is 0 Å². The Morgan fingerprint density at radius 1 is 1.00 bits per heavy atom. The van der Waals surface area contributed by atoms with Crippen molar-refractivity contribution in [2.75, 3.05) is 0 Å². The number of nitrogens with zero attached hydrogens (tertiary/aromatic N) is 4. The van der Waals surface area contributed by atoms with Crippen LogP contribution in [0.15, 0.2) is 18.2 Å². The Morgan fingerprint density at radius 2 is 1.75 bits per heavy atom. The highest BCUT2D eigenvalue weighted by Gasteiger charge is 2.16. The maximum Gasteiger partial charge on any atom is 0.185 e. The highest BCUT2D eigenvalue weighted by atomic mass is 35.5. The third-order valence-corrected chi connectivity index (χ3v) is 4.07. The van der Waals surface area contributed by atoms with E-state index in [1.165, 1.54) is 0 Å². The third-order valence-electron chi connectivity index (χ3n) is 3.48. The van der Waals surface area contributed by atoms with Crippen LogP contribution in [0.5, 0.6) is 0 Å². The Bertz CT molecular complexity index is 824. The SMILES string of the molecule is Cc1ccc(Cl)cc1-c1nnc2c(C)c(C)c(Cl)nn12. The van der Waals surface area contributed by atoms with Crippen LogP contribution in [0.4, 0.5) is 0 Å². The van der Waals surface area contributed by atoms with Crippen molar-refractivity contribution in [2.24, 2.45) is 0 Å². The molecule has 0 N–H and O–H groups in total. The first kappa shape index (κ1) is 13.3. The normalized spacial score (nSPS) is 11.2. The number of halogens is 2. The minimum Gasteiger partial charge on any atom is -0.191 e. The van der Waals surface area contributed by atoms with Crippen LogP contribution in [-0.4, -0.2) is 19.8 Å². The zero-order valence-electron chi connectivity index (χ0n) is 11.3. The van der Waals surface area contributed by atoms with Crippen LogP contribution < -0.4 is 0 Å². The molecule has 2 aromatic heterocycles. The van der Waals surface area contributed by atoms with E-state index in [1.807, 2.05) is 39.0 Å². The Kier molecular flexibility index (Phi) is 3.15. The molecule has 6 heteroatoms. The number of aryl methyl sites for hydroxylation is 2. The van der Waals surface area contributed by atoms with Crippen molar-refractivity contribution in [3.8, 4) is 11.4 Å². The van der Waals surface area contributed by atoms with E-state index < -0.39 is 0 Å². The summed E-state index contributed by atoms with van der Waals surface area (Å²) in [5.41, 5.74) is 4.56. The van der Waals surface area contributed by atoms with Crippen molar-refractivity contribution in [1.82, 2.24) is 19.8 Å². The van der Waals surface area contributed by atoms with E-state index in [0.717, 1.165) is 22.3 Å². The van der Waals surface area contributed by atoms with Gasteiger partial charge in [0, 0.05) is 16.1 Å². The van der Waals surface area contributed by atoms with E-state index in [-0.39, 0.29) is 0 Å². The average molecular weight is 307 g/mol. The predicted molar refractivity (Wildman–Crippen MR) is 80.4 cm³/mol. The van der Waals surface area contributed by atoms with Gasteiger partial charge in [-0.2, -0.15) is 9.61 Å². The molecule has 0 radical (unpaired) electrons. The Balaban J connectivity index is 2.36. The summed E-state index contributed by atoms with van der Waals surface area (Å²) in [6.45, 7) is 5.88. The first-order valence-electron chi connectivity index (χ1n) is 6.13. The van der Waals surface area contributed by atoms with Crippen molar-refractivity contribution in [3.05, 3.63) is 45.1 Å². The summed E-state index contributed by atoms with van der Waals surface area (Å²) in [4.78, 5) is 0. The lowest BCUT2D eigenvalue weighted by molar-refractivity contribution is 0.918. The average Bonchev–Trinajstić information content (AvgIpc) is 2.82. The van der Waals surface area contributed by atoms with Crippen LogP contribution in [0.1, 0.15) is 16.7 Å². The zero-order chi connectivity index (χ0) is 14.4. The fraction of sp³-hybridized carbons (Fsp3) is 0.214. The third kappa shape index (κ3) is 1.96. The minimum atomic E-state index is 0.454. The number of hydrogen-bond acceptors (Lipinski definition) is 3. The number of rotatable bonds is 1. The van der Waals surface area contributed by atoms with E-state index in [9.17, 15) is 0 Å². The van der Waals surface area contributed by atoms with Gasteiger partial charge in [0.05, 0.1) is 0 Å². The maximum absolute atomic E-state index is 6.17. The molecule has 3 aromatic rings. The van der Waals surface area contributed by atoms with Gasteiger partial charge in [-0.05, 0) is 44.0 Å². The number of benzene rings is 1. The van der Waals surface area contributed by atoms with E-state index in [4.69, 9.17) is 23.2 Å². The monoisotopic (exact) mass is 306 g/mol. The molecule has 0 saturated carbocycles. The lowest BCUT2D eigenvalue weighted by Crippen LogP contribution is -2.01. The zero-order valence-corrected chi connectivity index (χ0v) is 12.8. The Labute approximate surface area is 126 Å². The molecule has 0 fully saturated rings. The Hall–Kier alpha value is -1.65. The number of fused-ring (bicyclic) bond motifs is 1. The largest absolute Gasteiger partial charge is 0.191 e. The van der Waals surface area contributed by atoms with E-state index in [0.29, 0.717) is 21.6 Å². The lowest BCUT2D eigenvalue weighted by atomic mass is 10.1. The van der Waals surface area contributed by atoms with Crippen LogP contribution in [0.2, 0.25) is 10.2 Å². The summed E-state index contributed by atoms with van der Waals surface area (Å²) < 4.78 is 1.67. The van der Waals surface area contributed by atoms with Gasteiger partial charge < -0.3 is 0 Å². The first-order chi connectivity index (χ1) is 9.49. The molecule has 102 valence electrons. The molecular formula is C14H12Cl2N4. The van der Waals surface area contributed by atoms with Gasteiger partial charge in [-0.3, -0.25) is 0 Å². The second-order valence-electron chi connectivity index (χ2n) is 4.76. The van der Waals surface area contributed by atoms with Gasteiger partial charge in [-0.1, -0.05) is 29.3 Å². The summed E-state index contributed by atoms with van der Waals surface area (Å²) in [6.07, 6.45) is 0. The molecule has 0 amide bonds. The molecule has 0 saturated heterocycles. The van der Waals surface area contributed by atoms with Gasteiger partial charge in [0.1, 0.15) is 0 Å². The Morgan fingerprint density at radius 3 is 2.50 bits per heavy atom. The molecule has 4 nitrogen and oxygen atoms in total. The van der Waals surface area contributed by atoms with Gasteiger partial charge in [0.15, 0.2) is 16.6 Å². The van der Waals surface area contributed by atoms with Gasteiger partial charge in [0.2, 0.25) is 0 Å². The molecule has 3 rings (SSSR count). The molecular weight excluding hydrogens is 295 g/mol. The predicted octanol–water partition coefficient (Wildman–Crippen LogP) is 4.02. The van der Waals surface area contributed by atoms with Crippen molar-refractivity contribution < 1.29 is 0 Å². The van der Waals surface area contributed by atoms with Crippen molar-refractivity contribution in [2.45, 2.75) is 20.8 Å². The van der Waals surface area contributed by atoms with E-state index in [2.05, 4.69) is 15.3 Å². The second-order valence-corrected chi connectivity index (χ2v) is 5.55. The molecule has 0 spiro atoms. The smallest absolute Gasteiger partial charge is 0.185 e. The maximum atomic E-state index is 6.17. The van der Waals surface area contributed by atoms with Gasteiger partial charge in [0.25, 0.3) is 0 Å². The summed E-state index contributed by atoms with van der Waals surface area (Å²) >= 11 is 12.2. The molecule has 0 unspecified atom stereocenters. The number of hydrogen-bond donors (Lipinski definition) is 0. The summed E-state index contributed by atoms with van der Waals surface area (Å²) in [6, 6.07) is 5.65. The molecule has 20 heavy (non-hydrogen) atoms. The van der Waals surface area contributed by atoms with Crippen LogP contribution in [0, 0.1) is 20.8 Å². The van der Waals surface area contributed by atoms with Crippen LogP contribution >= 0.6 is 23.2 Å². The van der Waals surface area contributed by atoms with Gasteiger partial charge >= 0.3 is 0 Å². The minimum absolute atomic E-state index is 0.454. The van der Waals surface area contributed by atoms with E-state index >= 15 is 0 Å². The van der Waals surface area contributed by atoms with Crippen LogP contribution in [0.25, 0.3) is 17.0 Å². The summed E-state index contributed by atoms with van der Waals surface area (Å²) in [5, 5.41) is 13.9. The topological polar surface area (TPSA) is 43.1 Å². The summed E-state index contributed by atoms with van der Waals surface area (Å²) in [5.74, 6) is 0.644. The standard InChI is InChI=1S/C14H12Cl2N4/c1-7-4-5-10(15)6-11(7)14-18-17-13-9(3)8(2)12(16)19-20(13)14/h4-6H,1-3H3. The fourth-order valence-corrected chi connectivity index (χ4v) is 2.49. The van der Waals surface area contributed by atoms with Gasteiger partial charge in [-0.25, -0.2) is 0 Å². The molecule has 0 aliphatic carbocycles. The van der Waals surface area contributed by atoms with Gasteiger partial charge in [-0.15, -0.1) is 10.2 Å². The lowest BCUT2D eigenvalue weighted by Gasteiger charge is -2.07. The molecule has 0 aliphatic rings. The second kappa shape index (κ2) is 4.72. The van der Waals surface area contributed by atoms with Crippen LogP contribution in [0.3, 0.4) is 0 Å². The molecule has 0 bridgehead atoms. The number of aromatic nitrogens is 4. The highest BCUT2D eigenvalue weighted by molar-refractivity contribution is 6.31. The summed E-state index contributed by atoms with van der Waals surface area (Å²) in [7, 11) is 0. The van der Waals surface area contributed by atoms with E-state index in [1.54, 1.807) is 4.52 Å². The quantitative estimate of drug-likeness (QED) is 0.682. The molecule has 0 atom stereocenters. The highest BCUT2D eigenvalue weighted by Crippen LogP contribution is 2.27. The van der Waals surface area contributed by atoms with Crippen molar-refractivity contribution in [3.63, 3.8) is 0 Å². The van der Waals surface area contributed by atoms with Crippen molar-refractivity contribution >= 4 is 28.8 Å². The molecule has 0 aliphatic heterocycles. The fourth-order valence-electron chi connectivity index (χ4n) is 2.10.